The lowest BCUT2D eigenvalue weighted by Gasteiger charge is -2.34. The summed E-state index contributed by atoms with van der Waals surface area (Å²) in [4.78, 5) is 14.6. The van der Waals surface area contributed by atoms with Crippen LogP contribution in [0.5, 0.6) is 0 Å². The minimum absolute atomic E-state index is 0.0910. The number of hydrogen-bond donors (Lipinski definition) is 1. The number of hydrogen-bond acceptors (Lipinski definition) is 4. The molecule has 4 nitrogen and oxygen atoms in total. The molecule has 1 aliphatic rings. The van der Waals surface area contributed by atoms with Gasteiger partial charge in [-0.25, -0.2) is 0 Å². The fraction of sp³-hybridized carbons (Fsp3) is 0.938. The fourth-order valence-electron chi connectivity index (χ4n) is 3.57. The lowest BCUT2D eigenvalue weighted by Crippen LogP contribution is -2.54. The number of rotatable bonds is 8. The van der Waals surface area contributed by atoms with Crippen LogP contribution in [0.15, 0.2) is 0 Å². The summed E-state index contributed by atoms with van der Waals surface area (Å²) in [6.07, 6.45) is 6.63. The molecule has 0 saturated heterocycles. The van der Waals surface area contributed by atoms with Crippen LogP contribution in [0, 0.1) is 5.92 Å². The van der Waals surface area contributed by atoms with Crippen LogP contribution in [0.1, 0.15) is 52.4 Å². The molecule has 0 aromatic heterocycles. The summed E-state index contributed by atoms with van der Waals surface area (Å²) in [5, 5.41) is 3.26. The zero-order valence-corrected chi connectivity index (χ0v) is 13.9. The van der Waals surface area contributed by atoms with Gasteiger partial charge in [0.2, 0.25) is 0 Å². The average molecular weight is 284 g/mol. The molecular weight excluding hydrogens is 252 g/mol. The zero-order valence-electron chi connectivity index (χ0n) is 13.9. The number of carbonyl (C=O) groups is 1. The topological polar surface area (TPSA) is 41.6 Å². The molecule has 0 bridgehead atoms. The molecule has 1 fully saturated rings. The molecule has 0 radical (unpaired) electrons. The molecule has 0 heterocycles. The van der Waals surface area contributed by atoms with E-state index in [4.69, 9.17) is 4.74 Å². The van der Waals surface area contributed by atoms with E-state index in [1.807, 2.05) is 7.05 Å². The Labute approximate surface area is 124 Å². The predicted octanol–water partition coefficient (Wildman–Crippen LogP) is 2.43. The van der Waals surface area contributed by atoms with Crippen molar-refractivity contribution in [1.29, 1.82) is 0 Å². The number of likely N-dealkylation sites (N-methyl/N-ethyl adjacent to an activating group) is 1. The van der Waals surface area contributed by atoms with Crippen molar-refractivity contribution in [2.75, 3.05) is 27.7 Å². The summed E-state index contributed by atoms with van der Waals surface area (Å²) >= 11 is 0. The maximum absolute atomic E-state index is 12.2. The Bertz CT molecular complexity index is 309. The second-order valence-electron chi connectivity index (χ2n) is 6.21. The van der Waals surface area contributed by atoms with Crippen molar-refractivity contribution < 1.29 is 9.53 Å². The first-order valence-electron chi connectivity index (χ1n) is 7.99. The standard InChI is InChI=1S/C16H32N2O2/c1-6-8-13(2)18(4)12-10-14-9-7-11-16(14,17-3)15(19)20-5/h13-14,17H,6-12H2,1-5H3. The predicted molar refractivity (Wildman–Crippen MR) is 82.8 cm³/mol. The minimum Gasteiger partial charge on any atom is -0.468 e. The number of carbonyl (C=O) groups excluding carboxylic acids is 1. The highest BCUT2D eigenvalue weighted by Crippen LogP contribution is 2.38. The maximum Gasteiger partial charge on any atom is 0.326 e. The van der Waals surface area contributed by atoms with Crippen LogP contribution in [0.25, 0.3) is 0 Å². The molecular formula is C16H32N2O2. The van der Waals surface area contributed by atoms with Gasteiger partial charge in [0.1, 0.15) is 5.54 Å². The van der Waals surface area contributed by atoms with Crippen molar-refractivity contribution in [2.45, 2.75) is 64.0 Å². The average Bonchev–Trinajstić information content (AvgIpc) is 2.88. The summed E-state index contributed by atoms with van der Waals surface area (Å²) in [7, 11) is 5.57. The number of esters is 1. The van der Waals surface area contributed by atoms with Gasteiger partial charge in [0.15, 0.2) is 0 Å². The SMILES string of the molecule is CCCC(C)N(C)CCC1CCCC1(NC)C(=O)OC. The van der Waals surface area contributed by atoms with E-state index in [0.717, 1.165) is 32.2 Å². The second kappa shape index (κ2) is 7.99. The van der Waals surface area contributed by atoms with Crippen molar-refractivity contribution in [2.24, 2.45) is 5.92 Å². The van der Waals surface area contributed by atoms with E-state index in [1.165, 1.54) is 20.0 Å². The quantitative estimate of drug-likeness (QED) is 0.695. The van der Waals surface area contributed by atoms with Gasteiger partial charge in [-0.15, -0.1) is 0 Å². The van der Waals surface area contributed by atoms with E-state index in [1.54, 1.807) is 0 Å². The molecule has 1 N–H and O–H groups in total. The summed E-state index contributed by atoms with van der Waals surface area (Å²) in [5.74, 6) is 0.294. The van der Waals surface area contributed by atoms with E-state index < -0.39 is 5.54 Å². The van der Waals surface area contributed by atoms with Gasteiger partial charge in [-0.1, -0.05) is 19.8 Å². The van der Waals surface area contributed by atoms with E-state index in [0.29, 0.717) is 12.0 Å². The van der Waals surface area contributed by atoms with Gasteiger partial charge in [-0.3, -0.25) is 4.79 Å². The Kier molecular flexibility index (Phi) is 6.96. The van der Waals surface area contributed by atoms with E-state index >= 15 is 0 Å². The largest absolute Gasteiger partial charge is 0.468 e. The molecule has 0 aliphatic heterocycles. The molecule has 0 amide bonds. The van der Waals surface area contributed by atoms with E-state index in [2.05, 4.69) is 31.1 Å². The van der Waals surface area contributed by atoms with E-state index in [9.17, 15) is 4.79 Å². The summed E-state index contributed by atoms with van der Waals surface area (Å²) in [6, 6.07) is 0.614. The van der Waals surface area contributed by atoms with Gasteiger partial charge < -0.3 is 15.0 Å². The first kappa shape index (κ1) is 17.4. The molecule has 3 unspecified atom stereocenters. The van der Waals surface area contributed by atoms with Gasteiger partial charge in [0.25, 0.3) is 0 Å². The maximum atomic E-state index is 12.2. The summed E-state index contributed by atoms with van der Waals surface area (Å²) in [6.45, 7) is 5.56. The Morgan fingerprint density at radius 3 is 2.80 bits per heavy atom. The fourth-order valence-corrected chi connectivity index (χ4v) is 3.57. The molecule has 0 aromatic carbocycles. The highest BCUT2D eigenvalue weighted by molar-refractivity contribution is 5.81. The van der Waals surface area contributed by atoms with Gasteiger partial charge in [-0.2, -0.15) is 0 Å². The Morgan fingerprint density at radius 2 is 2.25 bits per heavy atom. The summed E-state index contributed by atoms with van der Waals surface area (Å²) < 4.78 is 5.04. The molecule has 20 heavy (non-hydrogen) atoms. The van der Waals surface area contributed by atoms with Crippen molar-refractivity contribution in [3.63, 3.8) is 0 Å². The van der Waals surface area contributed by atoms with Crippen molar-refractivity contribution in [3.05, 3.63) is 0 Å². The van der Waals surface area contributed by atoms with Crippen molar-refractivity contribution in [3.8, 4) is 0 Å². The molecule has 3 atom stereocenters. The molecule has 0 aromatic rings. The van der Waals surface area contributed by atoms with Crippen molar-refractivity contribution in [1.82, 2.24) is 10.2 Å². The Hall–Kier alpha value is -0.610. The van der Waals surface area contributed by atoms with Gasteiger partial charge in [0, 0.05) is 6.04 Å². The van der Waals surface area contributed by atoms with Crippen LogP contribution in [0.2, 0.25) is 0 Å². The lowest BCUT2D eigenvalue weighted by molar-refractivity contribution is -0.150. The Balaban J connectivity index is 2.59. The van der Waals surface area contributed by atoms with Crippen molar-refractivity contribution >= 4 is 5.97 Å². The molecule has 0 spiro atoms. The molecule has 1 rings (SSSR count). The van der Waals surface area contributed by atoms with Gasteiger partial charge in [-0.05, 0) is 59.2 Å². The Morgan fingerprint density at radius 1 is 1.55 bits per heavy atom. The van der Waals surface area contributed by atoms with E-state index in [-0.39, 0.29) is 5.97 Å². The van der Waals surface area contributed by atoms with Crippen LogP contribution < -0.4 is 5.32 Å². The monoisotopic (exact) mass is 284 g/mol. The third-order valence-corrected chi connectivity index (χ3v) is 5.11. The summed E-state index contributed by atoms with van der Waals surface area (Å²) in [5.41, 5.74) is -0.455. The molecule has 1 saturated carbocycles. The highest BCUT2D eigenvalue weighted by atomic mass is 16.5. The minimum atomic E-state index is -0.455. The van der Waals surface area contributed by atoms with Gasteiger partial charge in [0.05, 0.1) is 7.11 Å². The normalized spacial score (nSPS) is 27.8. The first-order chi connectivity index (χ1) is 9.51. The smallest absolute Gasteiger partial charge is 0.326 e. The van der Waals surface area contributed by atoms with Crippen LogP contribution in [-0.2, 0) is 9.53 Å². The van der Waals surface area contributed by atoms with Crippen LogP contribution in [-0.4, -0.2) is 50.2 Å². The van der Waals surface area contributed by atoms with Crippen LogP contribution in [0.3, 0.4) is 0 Å². The molecule has 118 valence electrons. The number of methoxy groups -OCH3 is 1. The van der Waals surface area contributed by atoms with Gasteiger partial charge >= 0.3 is 5.97 Å². The number of nitrogens with zero attached hydrogens (tertiary/aromatic N) is 1. The molecule has 1 aliphatic carbocycles. The second-order valence-corrected chi connectivity index (χ2v) is 6.21. The third-order valence-electron chi connectivity index (χ3n) is 5.11. The highest BCUT2D eigenvalue weighted by Gasteiger charge is 2.48. The van der Waals surface area contributed by atoms with Crippen LogP contribution in [0.4, 0.5) is 0 Å². The first-order valence-corrected chi connectivity index (χ1v) is 7.99. The lowest BCUT2D eigenvalue weighted by atomic mass is 9.84. The number of ether oxygens (including phenoxy) is 1. The third kappa shape index (κ3) is 3.73. The zero-order chi connectivity index (χ0) is 15.2. The molecule has 4 heteroatoms. The van der Waals surface area contributed by atoms with Crippen LogP contribution >= 0.6 is 0 Å². The number of nitrogens with one attached hydrogen (secondary N) is 1.